The zero-order valence-corrected chi connectivity index (χ0v) is 10.3. The van der Waals surface area contributed by atoms with E-state index in [4.69, 9.17) is 5.73 Å². The van der Waals surface area contributed by atoms with Crippen molar-refractivity contribution in [3.63, 3.8) is 0 Å². The van der Waals surface area contributed by atoms with Crippen molar-refractivity contribution in [2.45, 2.75) is 44.6 Å². The number of rotatable bonds is 2. The average molecular weight is 231 g/mol. The molecule has 1 aliphatic carbocycles. The van der Waals surface area contributed by atoms with Gasteiger partial charge < -0.3 is 10.6 Å². The Kier molecular flexibility index (Phi) is 2.91. The number of hydrogen-bond acceptors (Lipinski definition) is 3. The number of pyridine rings is 1. The van der Waals surface area contributed by atoms with Crippen LogP contribution in [0.3, 0.4) is 0 Å². The summed E-state index contributed by atoms with van der Waals surface area (Å²) in [6.45, 7) is 1.17. The summed E-state index contributed by atoms with van der Waals surface area (Å²) in [4.78, 5) is 6.76. The molecule has 0 bridgehead atoms. The van der Waals surface area contributed by atoms with E-state index in [0.717, 1.165) is 17.6 Å². The first-order valence-electron chi connectivity index (χ1n) is 6.82. The normalized spacial score (nSPS) is 25.6. The Balaban J connectivity index is 1.81. The van der Waals surface area contributed by atoms with Crippen LogP contribution in [0.5, 0.6) is 0 Å². The summed E-state index contributed by atoms with van der Waals surface area (Å²) >= 11 is 0. The molecule has 3 heteroatoms. The van der Waals surface area contributed by atoms with Gasteiger partial charge in [-0.15, -0.1) is 0 Å². The van der Waals surface area contributed by atoms with Crippen LogP contribution in [0.2, 0.25) is 0 Å². The first kappa shape index (κ1) is 10.9. The molecule has 0 aromatic carbocycles. The monoisotopic (exact) mass is 231 g/mol. The predicted octanol–water partition coefficient (Wildman–Crippen LogP) is 2.82. The molecule has 2 fully saturated rings. The molecule has 0 spiro atoms. The van der Waals surface area contributed by atoms with Gasteiger partial charge in [0.2, 0.25) is 0 Å². The van der Waals surface area contributed by atoms with Crippen molar-refractivity contribution < 1.29 is 0 Å². The van der Waals surface area contributed by atoms with Crippen LogP contribution in [0.1, 0.15) is 38.5 Å². The van der Waals surface area contributed by atoms with Crippen LogP contribution >= 0.6 is 0 Å². The standard InChI is InChI=1S/C14H21N3/c15-12-8-13(10-16-9-12)17-7-3-6-14(17)11-4-1-2-5-11/h8-11,14H,1-7,15H2. The lowest BCUT2D eigenvalue weighted by atomic mass is 9.96. The quantitative estimate of drug-likeness (QED) is 0.851. The topological polar surface area (TPSA) is 42.1 Å². The Morgan fingerprint density at radius 2 is 1.94 bits per heavy atom. The van der Waals surface area contributed by atoms with E-state index < -0.39 is 0 Å². The van der Waals surface area contributed by atoms with E-state index in [1.54, 1.807) is 6.20 Å². The van der Waals surface area contributed by atoms with Crippen LogP contribution in [0.4, 0.5) is 11.4 Å². The number of aromatic nitrogens is 1. The minimum Gasteiger partial charge on any atom is -0.397 e. The Hall–Kier alpha value is -1.25. The minimum atomic E-state index is 0.737. The number of hydrogen-bond donors (Lipinski definition) is 1. The highest BCUT2D eigenvalue weighted by Gasteiger charge is 2.33. The maximum atomic E-state index is 5.84. The molecular formula is C14H21N3. The Morgan fingerprint density at radius 3 is 2.71 bits per heavy atom. The summed E-state index contributed by atoms with van der Waals surface area (Å²) in [5.41, 5.74) is 7.83. The number of anilines is 2. The van der Waals surface area contributed by atoms with E-state index in [2.05, 4.69) is 16.0 Å². The molecule has 92 valence electrons. The molecule has 1 unspecified atom stereocenters. The van der Waals surface area contributed by atoms with Crippen LogP contribution in [-0.2, 0) is 0 Å². The second-order valence-electron chi connectivity index (χ2n) is 5.42. The molecule has 17 heavy (non-hydrogen) atoms. The van der Waals surface area contributed by atoms with Crippen molar-refractivity contribution in [2.75, 3.05) is 17.2 Å². The van der Waals surface area contributed by atoms with Gasteiger partial charge in [-0.2, -0.15) is 0 Å². The Labute approximate surface area is 103 Å². The lowest BCUT2D eigenvalue weighted by Crippen LogP contribution is -2.34. The van der Waals surface area contributed by atoms with Crippen molar-refractivity contribution in [3.05, 3.63) is 18.5 Å². The fourth-order valence-corrected chi connectivity index (χ4v) is 3.55. The molecule has 1 atom stereocenters. The van der Waals surface area contributed by atoms with Crippen molar-refractivity contribution >= 4 is 11.4 Å². The molecule has 2 N–H and O–H groups in total. The van der Waals surface area contributed by atoms with Crippen LogP contribution in [0, 0.1) is 5.92 Å². The van der Waals surface area contributed by atoms with Gasteiger partial charge in [0.25, 0.3) is 0 Å². The summed E-state index contributed by atoms with van der Waals surface area (Å²) in [6, 6.07) is 2.81. The molecule has 3 nitrogen and oxygen atoms in total. The highest BCUT2D eigenvalue weighted by molar-refractivity contribution is 5.54. The molecular weight excluding hydrogens is 210 g/mol. The van der Waals surface area contributed by atoms with Crippen LogP contribution in [0.25, 0.3) is 0 Å². The molecule has 3 rings (SSSR count). The minimum absolute atomic E-state index is 0.737. The summed E-state index contributed by atoms with van der Waals surface area (Å²) in [6.07, 6.45) is 12.0. The van der Waals surface area contributed by atoms with E-state index >= 15 is 0 Å². The van der Waals surface area contributed by atoms with Gasteiger partial charge in [0, 0.05) is 18.8 Å². The van der Waals surface area contributed by atoms with Crippen LogP contribution < -0.4 is 10.6 Å². The fourth-order valence-electron chi connectivity index (χ4n) is 3.55. The van der Waals surface area contributed by atoms with Crippen molar-refractivity contribution in [1.29, 1.82) is 0 Å². The van der Waals surface area contributed by atoms with Gasteiger partial charge in [0.05, 0.1) is 17.6 Å². The maximum Gasteiger partial charge on any atom is 0.0576 e. The molecule has 0 amide bonds. The van der Waals surface area contributed by atoms with E-state index in [-0.39, 0.29) is 0 Å². The van der Waals surface area contributed by atoms with Crippen molar-refractivity contribution in [2.24, 2.45) is 5.92 Å². The highest BCUT2D eigenvalue weighted by Crippen LogP contribution is 2.37. The number of nitrogens with two attached hydrogens (primary N) is 1. The van der Waals surface area contributed by atoms with Gasteiger partial charge in [-0.25, -0.2) is 0 Å². The first-order valence-corrected chi connectivity index (χ1v) is 6.82. The van der Waals surface area contributed by atoms with Crippen molar-refractivity contribution in [1.82, 2.24) is 4.98 Å². The zero-order valence-electron chi connectivity index (χ0n) is 10.3. The van der Waals surface area contributed by atoms with E-state index in [9.17, 15) is 0 Å². The lowest BCUT2D eigenvalue weighted by molar-refractivity contribution is 0.430. The van der Waals surface area contributed by atoms with E-state index in [0.29, 0.717) is 0 Å². The predicted molar refractivity (Wildman–Crippen MR) is 71.0 cm³/mol. The average Bonchev–Trinajstić information content (AvgIpc) is 3.00. The van der Waals surface area contributed by atoms with Gasteiger partial charge in [-0.3, -0.25) is 4.98 Å². The molecule has 1 saturated carbocycles. The van der Waals surface area contributed by atoms with Crippen LogP contribution in [0.15, 0.2) is 18.5 Å². The van der Waals surface area contributed by atoms with Crippen LogP contribution in [-0.4, -0.2) is 17.6 Å². The van der Waals surface area contributed by atoms with Gasteiger partial charge in [-0.1, -0.05) is 12.8 Å². The first-order chi connectivity index (χ1) is 8.34. The molecule has 1 saturated heterocycles. The van der Waals surface area contributed by atoms with E-state index in [1.165, 1.54) is 50.8 Å². The largest absolute Gasteiger partial charge is 0.397 e. The molecule has 2 aliphatic rings. The third-order valence-electron chi connectivity index (χ3n) is 4.32. The molecule has 2 heterocycles. The molecule has 1 aromatic rings. The summed E-state index contributed by atoms with van der Waals surface area (Å²) in [5.74, 6) is 0.902. The number of nitrogens with zero attached hydrogens (tertiary/aromatic N) is 2. The molecule has 0 radical (unpaired) electrons. The Morgan fingerprint density at radius 1 is 1.12 bits per heavy atom. The SMILES string of the molecule is Nc1cncc(N2CCCC2C2CCCC2)c1. The molecule has 1 aromatic heterocycles. The Bertz CT molecular complexity index is 385. The van der Waals surface area contributed by atoms with E-state index in [1.807, 2.05) is 6.20 Å². The van der Waals surface area contributed by atoms with Gasteiger partial charge >= 0.3 is 0 Å². The lowest BCUT2D eigenvalue weighted by Gasteiger charge is -2.31. The van der Waals surface area contributed by atoms with Gasteiger partial charge in [0.1, 0.15) is 0 Å². The third kappa shape index (κ3) is 2.11. The molecule has 1 aliphatic heterocycles. The highest BCUT2D eigenvalue weighted by atomic mass is 15.2. The second kappa shape index (κ2) is 4.55. The summed E-state index contributed by atoms with van der Waals surface area (Å²) < 4.78 is 0. The van der Waals surface area contributed by atoms with Gasteiger partial charge in [0.15, 0.2) is 0 Å². The fraction of sp³-hybridized carbons (Fsp3) is 0.643. The summed E-state index contributed by atoms with van der Waals surface area (Å²) in [7, 11) is 0. The summed E-state index contributed by atoms with van der Waals surface area (Å²) in [5, 5.41) is 0. The zero-order chi connectivity index (χ0) is 11.7. The number of nitrogen functional groups attached to an aromatic ring is 1. The van der Waals surface area contributed by atoms with Gasteiger partial charge in [-0.05, 0) is 37.7 Å². The third-order valence-corrected chi connectivity index (χ3v) is 4.32. The smallest absolute Gasteiger partial charge is 0.0576 e. The second-order valence-corrected chi connectivity index (χ2v) is 5.42. The maximum absolute atomic E-state index is 5.84. The van der Waals surface area contributed by atoms with Crippen molar-refractivity contribution in [3.8, 4) is 0 Å².